The van der Waals surface area contributed by atoms with E-state index in [4.69, 9.17) is 34.8 Å². The highest BCUT2D eigenvalue weighted by molar-refractivity contribution is 9.10. The molecule has 0 aliphatic rings. The second kappa shape index (κ2) is 6.67. The molecule has 0 radical (unpaired) electrons. The van der Waals surface area contributed by atoms with Crippen molar-refractivity contribution in [2.75, 3.05) is 5.43 Å². The molecule has 0 bridgehead atoms. The summed E-state index contributed by atoms with van der Waals surface area (Å²) in [5, 5.41) is 4.05. The second-order valence-corrected chi connectivity index (χ2v) is 5.39. The fraction of sp³-hybridized carbons (Fsp3) is 0. The molecule has 1 aromatic heterocycles. The lowest BCUT2D eigenvalue weighted by molar-refractivity contribution is 0.627. The number of nitrogens with one attached hydrogen (secondary N) is 1. The van der Waals surface area contributed by atoms with Crippen LogP contribution in [0.5, 0.6) is 0 Å². The van der Waals surface area contributed by atoms with Crippen LogP contribution in [0.1, 0.15) is 5.56 Å². The minimum Gasteiger partial charge on any atom is -0.277 e. The minimum absolute atomic E-state index is 0.0496. The highest BCUT2D eigenvalue weighted by Crippen LogP contribution is 2.24. The molecule has 104 valence electrons. The first-order valence-corrected chi connectivity index (χ1v) is 7.02. The summed E-state index contributed by atoms with van der Waals surface area (Å²) in [6, 6.07) is 4.13. The number of hydrogen-bond acceptors (Lipinski definition) is 4. The first kappa shape index (κ1) is 15.4. The van der Waals surface area contributed by atoms with Crippen LogP contribution in [0.3, 0.4) is 0 Å². The molecular weight excluding hydrogens is 393 g/mol. The van der Waals surface area contributed by atoms with Gasteiger partial charge in [-0.1, -0.05) is 23.2 Å². The van der Waals surface area contributed by atoms with Crippen molar-refractivity contribution in [2.24, 2.45) is 5.10 Å². The van der Waals surface area contributed by atoms with Crippen molar-refractivity contribution in [1.82, 2.24) is 9.97 Å². The normalized spacial score (nSPS) is 11.1. The quantitative estimate of drug-likeness (QED) is 0.350. The van der Waals surface area contributed by atoms with Crippen LogP contribution in [0.15, 0.2) is 27.8 Å². The van der Waals surface area contributed by atoms with Gasteiger partial charge >= 0.3 is 0 Å². The molecule has 0 fully saturated rings. The Morgan fingerprint density at radius 2 is 1.85 bits per heavy atom. The number of halogens is 5. The average molecular weight is 398 g/mol. The lowest BCUT2D eigenvalue weighted by atomic mass is 10.3. The molecule has 0 atom stereocenters. The predicted molar refractivity (Wildman–Crippen MR) is 82.4 cm³/mol. The molecule has 4 nitrogen and oxygen atoms in total. The summed E-state index contributed by atoms with van der Waals surface area (Å²) in [5.41, 5.74) is 3.60. The van der Waals surface area contributed by atoms with Crippen LogP contribution < -0.4 is 5.43 Å². The topological polar surface area (TPSA) is 50.2 Å². The van der Waals surface area contributed by atoms with E-state index < -0.39 is 0 Å². The van der Waals surface area contributed by atoms with Gasteiger partial charge in [-0.3, -0.25) is 5.43 Å². The third-order valence-electron chi connectivity index (χ3n) is 2.14. The SMILES string of the molecule is Fc1ccc(N/N=C\c2c(Cl)nc(Cl)nc2Cl)c(Br)c1. The lowest BCUT2D eigenvalue weighted by Crippen LogP contribution is -1.97. The maximum atomic E-state index is 12.9. The average Bonchev–Trinajstić information content (AvgIpc) is 2.34. The molecule has 0 aliphatic carbocycles. The summed E-state index contributed by atoms with van der Waals surface area (Å²) in [7, 11) is 0. The Balaban J connectivity index is 2.18. The fourth-order valence-corrected chi connectivity index (χ4v) is 2.43. The zero-order valence-electron chi connectivity index (χ0n) is 9.54. The van der Waals surface area contributed by atoms with Gasteiger partial charge in [0.05, 0.1) is 17.5 Å². The third kappa shape index (κ3) is 3.79. The van der Waals surface area contributed by atoms with Gasteiger partial charge in [0, 0.05) is 4.47 Å². The van der Waals surface area contributed by atoms with Gasteiger partial charge in [-0.25, -0.2) is 14.4 Å². The first-order valence-electron chi connectivity index (χ1n) is 5.10. The van der Waals surface area contributed by atoms with Gasteiger partial charge in [0.1, 0.15) is 16.1 Å². The van der Waals surface area contributed by atoms with Crippen LogP contribution in [0.4, 0.5) is 10.1 Å². The van der Waals surface area contributed by atoms with Crippen LogP contribution in [-0.2, 0) is 0 Å². The molecular formula is C11H5BrCl3FN4. The third-order valence-corrected chi connectivity index (χ3v) is 3.54. The van der Waals surface area contributed by atoms with Crippen molar-refractivity contribution < 1.29 is 4.39 Å². The summed E-state index contributed by atoms with van der Waals surface area (Å²) in [6.45, 7) is 0. The van der Waals surface area contributed by atoms with Gasteiger partial charge in [-0.15, -0.1) is 0 Å². The fourth-order valence-electron chi connectivity index (χ4n) is 1.25. The number of hydrazone groups is 1. The number of rotatable bonds is 3. The van der Waals surface area contributed by atoms with Crippen molar-refractivity contribution in [1.29, 1.82) is 0 Å². The molecule has 1 aromatic carbocycles. The molecule has 1 N–H and O–H groups in total. The van der Waals surface area contributed by atoms with E-state index in [2.05, 4.69) is 36.4 Å². The molecule has 1 heterocycles. The molecule has 20 heavy (non-hydrogen) atoms. The Morgan fingerprint density at radius 1 is 1.20 bits per heavy atom. The Bertz CT molecular complexity index is 658. The van der Waals surface area contributed by atoms with Gasteiger partial charge < -0.3 is 0 Å². The van der Waals surface area contributed by atoms with Crippen molar-refractivity contribution in [2.45, 2.75) is 0 Å². The van der Waals surface area contributed by atoms with Crippen LogP contribution in [-0.4, -0.2) is 16.2 Å². The van der Waals surface area contributed by atoms with E-state index in [1.807, 2.05) is 0 Å². The van der Waals surface area contributed by atoms with Crippen LogP contribution >= 0.6 is 50.7 Å². The molecule has 0 unspecified atom stereocenters. The highest BCUT2D eigenvalue weighted by Gasteiger charge is 2.08. The van der Waals surface area contributed by atoms with E-state index in [9.17, 15) is 4.39 Å². The predicted octanol–water partition coefficient (Wildman–Crippen LogP) is 4.78. The maximum absolute atomic E-state index is 12.9. The smallest absolute Gasteiger partial charge is 0.225 e. The van der Waals surface area contributed by atoms with Gasteiger partial charge in [0.2, 0.25) is 5.28 Å². The van der Waals surface area contributed by atoms with E-state index in [1.165, 1.54) is 24.4 Å². The molecule has 0 spiro atoms. The summed E-state index contributed by atoms with van der Waals surface area (Å²) >= 11 is 20.5. The largest absolute Gasteiger partial charge is 0.277 e. The number of benzene rings is 1. The van der Waals surface area contributed by atoms with Gasteiger partial charge in [-0.05, 0) is 45.7 Å². The van der Waals surface area contributed by atoms with Gasteiger partial charge in [0.25, 0.3) is 0 Å². The van der Waals surface area contributed by atoms with Crippen LogP contribution in [0.2, 0.25) is 15.6 Å². The Hall–Kier alpha value is -0.950. The van der Waals surface area contributed by atoms with Gasteiger partial charge in [0.15, 0.2) is 0 Å². The standard InChI is InChI=1S/C11H5BrCl3FN4/c12-7-3-5(16)1-2-8(7)20-17-4-6-9(13)18-11(15)19-10(6)14/h1-4,20H/b17-4-. The van der Waals surface area contributed by atoms with Crippen LogP contribution in [0, 0.1) is 5.82 Å². The van der Waals surface area contributed by atoms with Crippen molar-refractivity contribution in [3.8, 4) is 0 Å². The molecule has 0 aliphatic heterocycles. The van der Waals surface area contributed by atoms with Gasteiger partial charge in [-0.2, -0.15) is 5.10 Å². The van der Waals surface area contributed by atoms with Crippen LogP contribution in [0.25, 0.3) is 0 Å². The molecule has 2 rings (SSSR count). The molecule has 0 saturated heterocycles. The molecule has 0 saturated carbocycles. The zero-order chi connectivity index (χ0) is 14.7. The Kier molecular flexibility index (Phi) is 5.15. The molecule has 2 aromatic rings. The number of aromatic nitrogens is 2. The van der Waals surface area contributed by atoms with E-state index in [-0.39, 0.29) is 21.4 Å². The monoisotopic (exact) mass is 396 g/mol. The number of hydrogen-bond donors (Lipinski definition) is 1. The van der Waals surface area contributed by atoms with Crippen molar-refractivity contribution >= 4 is 62.6 Å². The summed E-state index contributed by atoms with van der Waals surface area (Å²) in [5.74, 6) is -0.358. The lowest BCUT2D eigenvalue weighted by Gasteiger charge is -2.04. The van der Waals surface area contributed by atoms with Crippen molar-refractivity contribution in [3.05, 3.63) is 49.6 Å². The number of nitrogens with zero attached hydrogens (tertiary/aromatic N) is 3. The van der Waals surface area contributed by atoms with E-state index in [1.54, 1.807) is 0 Å². The summed E-state index contributed by atoms with van der Waals surface area (Å²) < 4.78 is 13.4. The van der Waals surface area contributed by atoms with E-state index >= 15 is 0 Å². The summed E-state index contributed by atoms with van der Waals surface area (Å²) in [6.07, 6.45) is 1.34. The number of anilines is 1. The highest BCUT2D eigenvalue weighted by atomic mass is 79.9. The Morgan fingerprint density at radius 3 is 2.45 bits per heavy atom. The summed E-state index contributed by atoms with van der Waals surface area (Å²) in [4.78, 5) is 7.49. The maximum Gasteiger partial charge on any atom is 0.225 e. The molecule has 0 amide bonds. The first-order chi connectivity index (χ1) is 9.47. The minimum atomic E-state index is -0.358. The van der Waals surface area contributed by atoms with E-state index in [0.717, 1.165) is 0 Å². The van der Waals surface area contributed by atoms with E-state index in [0.29, 0.717) is 15.7 Å². The zero-order valence-corrected chi connectivity index (χ0v) is 13.4. The Labute approximate surface area is 137 Å². The molecule has 9 heteroatoms. The van der Waals surface area contributed by atoms with Crippen molar-refractivity contribution in [3.63, 3.8) is 0 Å². The second-order valence-electron chi connectivity index (χ2n) is 3.48.